The van der Waals surface area contributed by atoms with Crippen LogP contribution in [0.3, 0.4) is 0 Å². The van der Waals surface area contributed by atoms with E-state index in [0.717, 1.165) is 11.1 Å². The number of sulfonamides is 1. The highest BCUT2D eigenvalue weighted by atomic mass is 32.2. The first-order valence-electron chi connectivity index (χ1n) is 9.55. The van der Waals surface area contributed by atoms with E-state index in [4.69, 9.17) is 10.5 Å². The molecule has 1 fully saturated rings. The average molecular weight is 410 g/mol. The molecule has 7 heteroatoms. The fraction of sp³-hybridized carbons (Fsp3) is 0.227. The maximum absolute atomic E-state index is 13.2. The van der Waals surface area contributed by atoms with Gasteiger partial charge in [0, 0.05) is 25.0 Å². The molecule has 1 aromatic heterocycles. The summed E-state index contributed by atoms with van der Waals surface area (Å²) >= 11 is 0. The van der Waals surface area contributed by atoms with Gasteiger partial charge in [-0.15, -0.1) is 0 Å². The molecule has 1 aliphatic heterocycles. The Morgan fingerprint density at radius 2 is 1.69 bits per heavy atom. The van der Waals surface area contributed by atoms with Crippen molar-refractivity contribution in [3.05, 3.63) is 73.1 Å². The van der Waals surface area contributed by atoms with Crippen LogP contribution in [-0.2, 0) is 10.0 Å². The van der Waals surface area contributed by atoms with Gasteiger partial charge in [0.1, 0.15) is 11.9 Å². The van der Waals surface area contributed by atoms with E-state index in [1.165, 1.54) is 4.31 Å². The van der Waals surface area contributed by atoms with Gasteiger partial charge in [0.15, 0.2) is 0 Å². The van der Waals surface area contributed by atoms with E-state index in [1.807, 2.05) is 42.5 Å². The average Bonchev–Trinajstić information content (AvgIpc) is 2.75. The van der Waals surface area contributed by atoms with Crippen LogP contribution >= 0.6 is 0 Å². The third-order valence-electron chi connectivity index (χ3n) is 5.03. The molecule has 1 saturated heterocycles. The molecule has 0 unspecified atom stereocenters. The smallest absolute Gasteiger partial charge is 0.243 e. The van der Waals surface area contributed by atoms with Gasteiger partial charge >= 0.3 is 0 Å². The lowest BCUT2D eigenvalue weighted by Crippen LogP contribution is -2.41. The van der Waals surface area contributed by atoms with Crippen molar-refractivity contribution in [1.29, 1.82) is 0 Å². The van der Waals surface area contributed by atoms with Crippen molar-refractivity contribution in [2.75, 3.05) is 18.8 Å². The van der Waals surface area contributed by atoms with Crippen LogP contribution in [0.5, 0.6) is 5.75 Å². The molecule has 2 aromatic carbocycles. The second-order valence-electron chi connectivity index (χ2n) is 7.06. The molecule has 4 rings (SSSR count). The standard InChI is InChI=1S/C22H23N3O3S/c23-19-6-1-4-17(14-19)18-5-2-8-22(15-18)29(26,27)25-12-9-20(10-13-25)28-21-7-3-11-24-16-21/h1-8,11,14-16,20H,9-10,12-13,23H2. The van der Waals surface area contributed by atoms with Crippen LogP contribution in [0.2, 0.25) is 0 Å². The fourth-order valence-electron chi connectivity index (χ4n) is 3.50. The van der Waals surface area contributed by atoms with Crippen LogP contribution in [0.4, 0.5) is 5.69 Å². The number of ether oxygens (including phenoxy) is 1. The second kappa shape index (κ2) is 8.23. The Bertz CT molecular complexity index is 1080. The number of rotatable bonds is 5. The molecular weight excluding hydrogens is 386 g/mol. The Morgan fingerprint density at radius 1 is 0.966 bits per heavy atom. The molecule has 0 bridgehead atoms. The van der Waals surface area contributed by atoms with E-state index in [2.05, 4.69) is 4.98 Å². The van der Waals surface area contributed by atoms with E-state index in [0.29, 0.717) is 42.3 Å². The highest BCUT2D eigenvalue weighted by Crippen LogP contribution is 2.27. The van der Waals surface area contributed by atoms with Crippen LogP contribution in [0.1, 0.15) is 12.8 Å². The van der Waals surface area contributed by atoms with Gasteiger partial charge in [0.05, 0.1) is 11.1 Å². The molecule has 0 atom stereocenters. The maximum Gasteiger partial charge on any atom is 0.243 e. The number of aromatic nitrogens is 1. The number of nitrogens with zero attached hydrogens (tertiary/aromatic N) is 2. The highest BCUT2D eigenvalue weighted by molar-refractivity contribution is 7.89. The Labute approximate surface area is 171 Å². The van der Waals surface area contributed by atoms with Crippen LogP contribution in [0, 0.1) is 0 Å². The first-order valence-corrected chi connectivity index (χ1v) is 11.0. The summed E-state index contributed by atoms with van der Waals surface area (Å²) in [5.41, 5.74) is 8.23. The van der Waals surface area contributed by atoms with Gasteiger partial charge < -0.3 is 10.5 Å². The summed E-state index contributed by atoms with van der Waals surface area (Å²) in [6.07, 6.45) is 4.64. The quantitative estimate of drug-likeness (QED) is 0.651. The summed E-state index contributed by atoms with van der Waals surface area (Å²) in [6.45, 7) is 0.853. The van der Waals surface area contributed by atoms with E-state index >= 15 is 0 Å². The molecule has 150 valence electrons. The number of piperidine rings is 1. The number of hydrogen-bond acceptors (Lipinski definition) is 5. The zero-order valence-electron chi connectivity index (χ0n) is 15.9. The summed E-state index contributed by atoms with van der Waals surface area (Å²) in [5.74, 6) is 0.712. The van der Waals surface area contributed by atoms with Gasteiger partial charge in [-0.2, -0.15) is 4.31 Å². The molecule has 2 heterocycles. The molecule has 0 amide bonds. The number of nitrogens with two attached hydrogens (primary N) is 1. The van der Waals surface area contributed by atoms with Crippen LogP contribution in [-0.4, -0.2) is 36.9 Å². The SMILES string of the molecule is Nc1cccc(-c2cccc(S(=O)(=O)N3CCC(Oc4cccnc4)CC3)c2)c1. The Kier molecular flexibility index (Phi) is 5.51. The van der Waals surface area contributed by atoms with Gasteiger partial charge in [0.25, 0.3) is 0 Å². The van der Waals surface area contributed by atoms with Gasteiger partial charge in [-0.05, 0) is 60.4 Å². The van der Waals surface area contributed by atoms with Crippen molar-refractivity contribution in [2.45, 2.75) is 23.8 Å². The first kappa shape index (κ1) is 19.4. The minimum Gasteiger partial charge on any atom is -0.489 e. The minimum atomic E-state index is -3.56. The van der Waals surface area contributed by atoms with E-state index in [9.17, 15) is 8.42 Å². The number of anilines is 1. The van der Waals surface area contributed by atoms with E-state index < -0.39 is 10.0 Å². The zero-order chi connectivity index (χ0) is 20.3. The lowest BCUT2D eigenvalue weighted by atomic mass is 10.1. The molecular formula is C22H23N3O3S. The summed E-state index contributed by atoms with van der Waals surface area (Å²) in [6, 6.07) is 18.1. The highest BCUT2D eigenvalue weighted by Gasteiger charge is 2.30. The molecule has 0 spiro atoms. The topological polar surface area (TPSA) is 85.5 Å². The monoisotopic (exact) mass is 409 g/mol. The van der Waals surface area contributed by atoms with Gasteiger partial charge in [-0.25, -0.2) is 8.42 Å². The largest absolute Gasteiger partial charge is 0.489 e. The Morgan fingerprint density at radius 3 is 2.38 bits per heavy atom. The van der Waals surface area contributed by atoms with Crippen molar-refractivity contribution in [1.82, 2.24) is 9.29 Å². The van der Waals surface area contributed by atoms with Crippen molar-refractivity contribution in [3.8, 4) is 16.9 Å². The molecule has 6 nitrogen and oxygen atoms in total. The van der Waals surface area contributed by atoms with Crippen LogP contribution in [0.25, 0.3) is 11.1 Å². The number of nitrogen functional groups attached to an aromatic ring is 1. The fourth-order valence-corrected chi connectivity index (χ4v) is 5.02. The lowest BCUT2D eigenvalue weighted by molar-refractivity contribution is 0.134. The number of hydrogen-bond donors (Lipinski definition) is 1. The molecule has 3 aromatic rings. The van der Waals surface area contributed by atoms with Crippen LogP contribution in [0.15, 0.2) is 78.0 Å². The predicted octanol–water partition coefficient (Wildman–Crippen LogP) is 3.56. The zero-order valence-corrected chi connectivity index (χ0v) is 16.8. The van der Waals surface area contributed by atoms with E-state index in [1.54, 1.807) is 30.6 Å². The van der Waals surface area contributed by atoms with Crippen molar-refractivity contribution in [3.63, 3.8) is 0 Å². The predicted molar refractivity (Wildman–Crippen MR) is 113 cm³/mol. The maximum atomic E-state index is 13.2. The summed E-state index contributed by atoms with van der Waals surface area (Å²) in [7, 11) is -3.56. The Balaban J connectivity index is 1.47. The van der Waals surface area contributed by atoms with Crippen molar-refractivity contribution in [2.24, 2.45) is 0 Å². The van der Waals surface area contributed by atoms with Crippen LogP contribution < -0.4 is 10.5 Å². The van der Waals surface area contributed by atoms with Gasteiger partial charge in [-0.1, -0.05) is 24.3 Å². The second-order valence-corrected chi connectivity index (χ2v) is 9.00. The minimum absolute atomic E-state index is 0.00993. The van der Waals surface area contributed by atoms with E-state index in [-0.39, 0.29) is 6.10 Å². The molecule has 29 heavy (non-hydrogen) atoms. The molecule has 0 radical (unpaired) electrons. The van der Waals surface area contributed by atoms with Crippen molar-refractivity contribution < 1.29 is 13.2 Å². The first-order chi connectivity index (χ1) is 14.0. The normalized spacial score (nSPS) is 15.9. The van der Waals surface area contributed by atoms with Gasteiger partial charge in [0.2, 0.25) is 10.0 Å². The summed E-state index contributed by atoms with van der Waals surface area (Å²) in [5, 5.41) is 0. The Hall–Kier alpha value is -2.90. The molecule has 0 saturated carbocycles. The third kappa shape index (κ3) is 4.41. The van der Waals surface area contributed by atoms with Gasteiger partial charge in [-0.3, -0.25) is 4.98 Å². The summed E-state index contributed by atoms with van der Waals surface area (Å²) < 4.78 is 33.8. The third-order valence-corrected chi connectivity index (χ3v) is 6.92. The van der Waals surface area contributed by atoms with Crippen molar-refractivity contribution >= 4 is 15.7 Å². The molecule has 1 aliphatic rings. The number of benzene rings is 2. The summed E-state index contributed by atoms with van der Waals surface area (Å²) in [4.78, 5) is 4.34. The molecule has 0 aliphatic carbocycles. The number of pyridine rings is 1. The lowest BCUT2D eigenvalue weighted by Gasteiger charge is -2.31. The molecule has 2 N–H and O–H groups in total.